The molecule has 1 aliphatic heterocycles. The van der Waals surface area contributed by atoms with Crippen LogP contribution in [0.1, 0.15) is 34.1 Å². The van der Waals surface area contributed by atoms with Crippen LogP contribution >= 0.6 is 0 Å². The van der Waals surface area contributed by atoms with Gasteiger partial charge in [-0.25, -0.2) is 0 Å². The molecule has 0 saturated heterocycles. The first kappa shape index (κ1) is 18.0. The molecule has 74 valence electrons. The Hall–Kier alpha value is 0.158. The van der Waals surface area contributed by atoms with Crippen LogP contribution in [0.4, 0.5) is 0 Å². The van der Waals surface area contributed by atoms with E-state index in [1.165, 1.54) is 6.42 Å². The van der Waals surface area contributed by atoms with E-state index in [-0.39, 0.29) is 21.1 Å². The molecule has 2 nitrogen and oxygen atoms in total. The smallest absolute Gasteiger partial charge is 0.0931 e. The maximum absolute atomic E-state index is 4.14. The molecule has 1 N–H and O–H groups in total. The molecule has 12 heavy (non-hydrogen) atoms. The zero-order valence-electron chi connectivity index (χ0n) is 8.68. The Balaban J connectivity index is -0.000000144. The van der Waals surface area contributed by atoms with E-state index in [4.69, 9.17) is 0 Å². The molecule has 0 aromatic rings. The second-order valence-electron chi connectivity index (χ2n) is 1.75. The zero-order valence-corrected chi connectivity index (χ0v) is 11.6. The van der Waals surface area contributed by atoms with E-state index in [0.29, 0.717) is 0 Å². The fraction of sp³-hybridized carbons (Fsp3) is 0.778. The molecule has 0 atom stereocenters. The van der Waals surface area contributed by atoms with Crippen LogP contribution in [0, 0.1) is 6.92 Å². The van der Waals surface area contributed by atoms with Gasteiger partial charge in [-0.2, -0.15) is 6.92 Å². The number of hydrogen-bond donors (Lipinski definition) is 1. The van der Waals surface area contributed by atoms with Gasteiger partial charge in [0, 0.05) is 34.2 Å². The molecule has 1 aliphatic rings. The summed E-state index contributed by atoms with van der Waals surface area (Å²) in [5.41, 5.74) is 0. The first-order chi connectivity index (χ1) is 5.39. The van der Waals surface area contributed by atoms with Crippen LogP contribution in [0.25, 0.3) is 0 Å². The van der Waals surface area contributed by atoms with Crippen LogP contribution in [-0.2, 0) is 21.1 Å². The number of amidine groups is 1. The Kier molecular flexibility index (Phi) is 26.0. The summed E-state index contributed by atoms with van der Waals surface area (Å²) < 4.78 is 0. The van der Waals surface area contributed by atoms with Crippen molar-refractivity contribution in [3.05, 3.63) is 6.92 Å². The van der Waals surface area contributed by atoms with Gasteiger partial charge in [0.05, 0.1) is 5.84 Å². The summed E-state index contributed by atoms with van der Waals surface area (Å²) in [7, 11) is 0. The normalized spacial score (nSPS) is 12.9. The Bertz CT molecular complexity index is 92.5. The van der Waals surface area contributed by atoms with E-state index in [1.54, 1.807) is 6.92 Å². The molecule has 1 rings (SSSR count). The molecule has 0 saturated carbocycles. The molecule has 3 heteroatoms. The van der Waals surface area contributed by atoms with Crippen LogP contribution in [0.3, 0.4) is 0 Å². The van der Waals surface area contributed by atoms with Crippen LogP contribution in [0.15, 0.2) is 4.99 Å². The molecular weight excluding hydrogens is 320 g/mol. The first-order valence-electron chi connectivity index (χ1n) is 4.35. The third kappa shape index (κ3) is 12.8. The van der Waals surface area contributed by atoms with Crippen molar-refractivity contribution in [3.63, 3.8) is 0 Å². The minimum atomic E-state index is 0. The molecule has 0 radical (unpaired) electrons. The summed E-state index contributed by atoms with van der Waals surface area (Å²) in [5, 5.41) is 3.13. The number of nitrogens with zero attached hydrogens (tertiary/aromatic N) is 1. The zero-order chi connectivity index (χ0) is 9.11. The molecule has 0 spiro atoms. The van der Waals surface area contributed by atoms with Gasteiger partial charge in [-0.3, -0.25) is 4.99 Å². The fourth-order valence-electron chi connectivity index (χ4n) is 0.651. The third-order valence-electron chi connectivity index (χ3n) is 1.06. The van der Waals surface area contributed by atoms with E-state index >= 15 is 0 Å². The van der Waals surface area contributed by atoms with Crippen LogP contribution in [0.5, 0.6) is 0 Å². The molecular formula is C9H21N2W-. The second-order valence-corrected chi connectivity index (χ2v) is 1.75. The van der Waals surface area contributed by atoms with Crippen molar-refractivity contribution < 1.29 is 21.1 Å². The number of rotatable bonds is 0. The van der Waals surface area contributed by atoms with Crippen molar-refractivity contribution in [2.45, 2.75) is 34.1 Å². The van der Waals surface area contributed by atoms with E-state index in [1.807, 2.05) is 20.8 Å². The van der Waals surface area contributed by atoms with Gasteiger partial charge in [-0.1, -0.05) is 13.8 Å². The summed E-state index contributed by atoms with van der Waals surface area (Å²) in [6.45, 7) is 13.1. The molecule has 1 heterocycles. The van der Waals surface area contributed by atoms with Crippen molar-refractivity contribution >= 4 is 5.84 Å². The van der Waals surface area contributed by atoms with Crippen LogP contribution in [-0.4, -0.2) is 18.9 Å². The van der Waals surface area contributed by atoms with Gasteiger partial charge in [0.1, 0.15) is 0 Å². The summed E-state index contributed by atoms with van der Waals surface area (Å²) >= 11 is 0. The Labute approximate surface area is 91.5 Å². The van der Waals surface area contributed by atoms with Gasteiger partial charge in [0.25, 0.3) is 0 Å². The first-order valence-corrected chi connectivity index (χ1v) is 4.35. The molecule has 0 unspecified atom stereocenters. The number of hydrogen-bond acceptors (Lipinski definition) is 2. The van der Waals surface area contributed by atoms with Gasteiger partial charge in [-0.15, -0.1) is 0 Å². The molecule has 0 aliphatic carbocycles. The van der Waals surface area contributed by atoms with Crippen molar-refractivity contribution in [3.8, 4) is 0 Å². The number of aliphatic imine (C=N–C) groups is 1. The van der Waals surface area contributed by atoms with Crippen molar-refractivity contribution in [1.82, 2.24) is 5.32 Å². The van der Waals surface area contributed by atoms with Gasteiger partial charge in [0.2, 0.25) is 0 Å². The van der Waals surface area contributed by atoms with Gasteiger partial charge >= 0.3 is 0 Å². The minimum Gasteiger partial charge on any atom is -0.374 e. The number of nitrogens with one attached hydrogen (secondary N) is 1. The predicted molar refractivity (Wildman–Crippen MR) is 53.0 cm³/mol. The van der Waals surface area contributed by atoms with Crippen molar-refractivity contribution in [2.75, 3.05) is 13.1 Å². The average molecular weight is 341 g/mol. The summed E-state index contributed by atoms with van der Waals surface area (Å²) in [6, 6.07) is 0. The fourth-order valence-corrected chi connectivity index (χ4v) is 0.651. The van der Waals surface area contributed by atoms with Gasteiger partial charge < -0.3 is 12.2 Å². The predicted octanol–water partition coefficient (Wildman–Crippen LogP) is 2.26. The van der Waals surface area contributed by atoms with Gasteiger partial charge in [-0.05, 0) is 13.3 Å². The second kappa shape index (κ2) is 17.3. The van der Waals surface area contributed by atoms with E-state index in [2.05, 4.69) is 17.2 Å². The molecule has 0 amide bonds. The van der Waals surface area contributed by atoms with Crippen LogP contribution < -0.4 is 5.32 Å². The summed E-state index contributed by atoms with van der Waals surface area (Å²) in [5.74, 6) is 1.09. The Morgan fingerprint density at radius 3 is 2.00 bits per heavy atom. The van der Waals surface area contributed by atoms with E-state index < -0.39 is 0 Å². The third-order valence-corrected chi connectivity index (χ3v) is 1.06. The van der Waals surface area contributed by atoms with Gasteiger partial charge in [0.15, 0.2) is 0 Å². The monoisotopic (exact) mass is 341 g/mol. The molecule has 0 aromatic heterocycles. The Morgan fingerprint density at radius 1 is 1.33 bits per heavy atom. The van der Waals surface area contributed by atoms with Crippen LogP contribution in [0.2, 0.25) is 0 Å². The Morgan fingerprint density at radius 2 is 1.83 bits per heavy atom. The van der Waals surface area contributed by atoms with Crippen molar-refractivity contribution in [1.29, 1.82) is 0 Å². The topological polar surface area (TPSA) is 24.4 Å². The quantitative estimate of drug-likeness (QED) is 0.672. The standard InChI is InChI=1S/C5H10N2.C2H6.C2H5.W/c1-5-6-3-2-4-7-5;2*1-2;/h2-4H2,1H3,(H,6,7);1-2H3;1H2,2H3;/q;;-1;. The van der Waals surface area contributed by atoms with E-state index in [0.717, 1.165) is 18.9 Å². The maximum atomic E-state index is 4.14. The molecule has 0 fully saturated rings. The summed E-state index contributed by atoms with van der Waals surface area (Å²) in [4.78, 5) is 4.14. The largest absolute Gasteiger partial charge is 0.374 e. The SMILES string of the molecule is CC.CC1=NCCCN1.[CH2-]C.[W]. The molecule has 0 aromatic carbocycles. The van der Waals surface area contributed by atoms with E-state index in [9.17, 15) is 0 Å². The maximum Gasteiger partial charge on any atom is 0.0931 e. The molecule has 0 bridgehead atoms. The average Bonchev–Trinajstić information content (AvgIpc) is 2.13. The minimum absolute atomic E-state index is 0. The summed E-state index contributed by atoms with van der Waals surface area (Å²) in [6.07, 6.45) is 1.19. The van der Waals surface area contributed by atoms with Crippen molar-refractivity contribution in [2.24, 2.45) is 4.99 Å².